The number of nitrogens with one attached hydrogen (secondary N) is 1. The van der Waals surface area contributed by atoms with Gasteiger partial charge in [-0.25, -0.2) is 4.98 Å². The summed E-state index contributed by atoms with van der Waals surface area (Å²) < 4.78 is 2.08. The van der Waals surface area contributed by atoms with Gasteiger partial charge in [-0.05, 0) is 24.9 Å². The van der Waals surface area contributed by atoms with Gasteiger partial charge in [-0.2, -0.15) is 0 Å². The van der Waals surface area contributed by atoms with Crippen molar-refractivity contribution in [3.63, 3.8) is 0 Å². The summed E-state index contributed by atoms with van der Waals surface area (Å²) in [4.78, 5) is 6.72. The first-order chi connectivity index (χ1) is 10.3. The van der Waals surface area contributed by atoms with Gasteiger partial charge in [0.25, 0.3) is 0 Å². The van der Waals surface area contributed by atoms with E-state index in [1.807, 2.05) is 19.6 Å². The van der Waals surface area contributed by atoms with Gasteiger partial charge in [0.05, 0.1) is 12.0 Å². The zero-order chi connectivity index (χ0) is 14.5. The van der Waals surface area contributed by atoms with E-state index in [0.29, 0.717) is 6.04 Å². The minimum atomic E-state index is 0.581. The summed E-state index contributed by atoms with van der Waals surface area (Å²) in [7, 11) is 2.05. The van der Waals surface area contributed by atoms with Gasteiger partial charge in [-0.1, -0.05) is 30.3 Å². The highest BCUT2D eigenvalue weighted by molar-refractivity contribution is 5.14. The van der Waals surface area contributed by atoms with Crippen LogP contribution >= 0.6 is 0 Å². The summed E-state index contributed by atoms with van der Waals surface area (Å²) >= 11 is 0. The number of piperidine rings is 1. The fourth-order valence-corrected chi connectivity index (χ4v) is 3.01. The lowest BCUT2D eigenvalue weighted by atomic mass is 10.0. The molecule has 0 bridgehead atoms. The van der Waals surface area contributed by atoms with E-state index in [1.54, 1.807) is 0 Å². The molecule has 1 fully saturated rings. The molecule has 21 heavy (non-hydrogen) atoms. The number of aryl methyl sites for hydroxylation is 1. The van der Waals surface area contributed by atoms with E-state index in [-0.39, 0.29) is 0 Å². The predicted molar refractivity (Wildman–Crippen MR) is 84.8 cm³/mol. The van der Waals surface area contributed by atoms with Gasteiger partial charge in [0.2, 0.25) is 0 Å². The second-order valence-corrected chi connectivity index (χ2v) is 5.94. The quantitative estimate of drug-likeness (QED) is 0.913. The van der Waals surface area contributed by atoms with Crippen LogP contribution in [0.1, 0.15) is 24.1 Å². The van der Waals surface area contributed by atoms with Crippen LogP contribution in [0.4, 0.5) is 0 Å². The number of imidazole rings is 1. The van der Waals surface area contributed by atoms with Crippen LogP contribution in [0.15, 0.2) is 42.9 Å². The molecule has 1 aliphatic heterocycles. The van der Waals surface area contributed by atoms with Gasteiger partial charge >= 0.3 is 0 Å². The smallest absolute Gasteiger partial charge is 0.0945 e. The minimum Gasteiger partial charge on any atom is -0.337 e. The van der Waals surface area contributed by atoms with Crippen molar-refractivity contribution in [1.82, 2.24) is 19.8 Å². The van der Waals surface area contributed by atoms with E-state index >= 15 is 0 Å². The molecule has 0 saturated carbocycles. The number of nitrogens with zero attached hydrogens (tertiary/aromatic N) is 3. The summed E-state index contributed by atoms with van der Waals surface area (Å²) in [5, 5.41) is 3.68. The maximum atomic E-state index is 4.17. The zero-order valence-corrected chi connectivity index (χ0v) is 12.7. The number of benzene rings is 1. The molecule has 4 nitrogen and oxygen atoms in total. The molecule has 1 N–H and O–H groups in total. The summed E-state index contributed by atoms with van der Waals surface area (Å²) in [6.45, 7) is 4.30. The fraction of sp³-hybridized carbons (Fsp3) is 0.471. The molecule has 4 heteroatoms. The molecule has 1 aromatic carbocycles. The molecule has 0 amide bonds. The third-order valence-electron chi connectivity index (χ3n) is 4.24. The lowest BCUT2D eigenvalue weighted by Gasteiger charge is -2.33. The molecule has 0 aliphatic carbocycles. The fourth-order valence-electron chi connectivity index (χ4n) is 3.01. The largest absolute Gasteiger partial charge is 0.337 e. The average Bonchev–Trinajstić information content (AvgIpc) is 2.92. The van der Waals surface area contributed by atoms with Gasteiger partial charge in [-0.3, -0.25) is 4.90 Å². The Hall–Kier alpha value is -1.65. The van der Waals surface area contributed by atoms with E-state index in [2.05, 4.69) is 50.1 Å². The molecule has 2 aromatic rings. The van der Waals surface area contributed by atoms with E-state index in [9.17, 15) is 0 Å². The van der Waals surface area contributed by atoms with Gasteiger partial charge < -0.3 is 9.88 Å². The van der Waals surface area contributed by atoms with Gasteiger partial charge in [-0.15, -0.1) is 0 Å². The predicted octanol–water partition coefficient (Wildman–Crippen LogP) is 2.17. The lowest BCUT2D eigenvalue weighted by molar-refractivity contribution is 0.182. The van der Waals surface area contributed by atoms with Crippen molar-refractivity contribution in [1.29, 1.82) is 0 Å². The van der Waals surface area contributed by atoms with Crippen LogP contribution < -0.4 is 5.32 Å². The highest BCUT2D eigenvalue weighted by Crippen LogP contribution is 2.14. The first kappa shape index (κ1) is 14.3. The number of rotatable bonds is 5. The maximum absolute atomic E-state index is 4.17. The molecule has 0 unspecified atom stereocenters. The monoisotopic (exact) mass is 284 g/mol. The standard InChI is InChI=1S/C17H24N4/c1-20-14-18-10-17(20)11-19-16-8-5-9-21(13-16)12-15-6-3-2-4-7-15/h2-4,6-7,10,14,16,19H,5,8-9,11-13H2,1H3/t16-/m1/s1. The molecule has 1 aromatic heterocycles. The van der Waals surface area contributed by atoms with Gasteiger partial charge in [0.15, 0.2) is 0 Å². The molecular formula is C17H24N4. The number of hydrogen-bond donors (Lipinski definition) is 1. The Balaban J connectivity index is 1.50. The SMILES string of the molecule is Cn1cncc1CN[C@@H]1CCCN(Cc2ccccc2)C1. The van der Waals surface area contributed by atoms with Crippen molar-refractivity contribution in [2.75, 3.05) is 13.1 Å². The topological polar surface area (TPSA) is 33.1 Å². The van der Waals surface area contributed by atoms with Crippen LogP contribution in [-0.4, -0.2) is 33.6 Å². The van der Waals surface area contributed by atoms with Crippen molar-refractivity contribution >= 4 is 0 Å². The van der Waals surface area contributed by atoms with Crippen molar-refractivity contribution in [2.24, 2.45) is 7.05 Å². The number of aromatic nitrogens is 2. The van der Waals surface area contributed by atoms with Crippen molar-refractivity contribution < 1.29 is 0 Å². The average molecular weight is 284 g/mol. The van der Waals surface area contributed by atoms with Crippen molar-refractivity contribution in [3.8, 4) is 0 Å². The van der Waals surface area contributed by atoms with Crippen LogP contribution in [0.25, 0.3) is 0 Å². The van der Waals surface area contributed by atoms with Gasteiger partial charge in [0, 0.05) is 38.9 Å². The molecule has 112 valence electrons. The Kier molecular flexibility index (Phi) is 4.68. The Labute approximate surface area is 126 Å². The summed E-state index contributed by atoms with van der Waals surface area (Å²) in [5.74, 6) is 0. The molecule has 3 rings (SSSR count). The highest BCUT2D eigenvalue weighted by Gasteiger charge is 2.19. The molecule has 2 heterocycles. The molecule has 1 saturated heterocycles. The third kappa shape index (κ3) is 3.93. The lowest BCUT2D eigenvalue weighted by Crippen LogP contribution is -2.45. The van der Waals surface area contributed by atoms with E-state index in [1.165, 1.54) is 30.6 Å². The Morgan fingerprint density at radius 1 is 1.29 bits per heavy atom. The first-order valence-electron chi connectivity index (χ1n) is 7.76. The Morgan fingerprint density at radius 2 is 2.14 bits per heavy atom. The number of hydrogen-bond acceptors (Lipinski definition) is 3. The maximum Gasteiger partial charge on any atom is 0.0945 e. The van der Waals surface area contributed by atoms with E-state index in [0.717, 1.165) is 19.6 Å². The van der Waals surface area contributed by atoms with Crippen molar-refractivity contribution in [2.45, 2.75) is 32.0 Å². The van der Waals surface area contributed by atoms with Gasteiger partial charge in [0.1, 0.15) is 0 Å². The summed E-state index contributed by atoms with van der Waals surface area (Å²) in [6, 6.07) is 11.3. The molecule has 0 spiro atoms. The molecule has 1 atom stereocenters. The van der Waals surface area contributed by atoms with E-state index < -0.39 is 0 Å². The summed E-state index contributed by atoms with van der Waals surface area (Å²) in [5.41, 5.74) is 2.65. The normalized spacial score (nSPS) is 19.8. The Morgan fingerprint density at radius 3 is 2.90 bits per heavy atom. The minimum absolute atomic E-state index is 0.581. The third-order valence-corrected chi connectivity index (χ3v) is 4.24. The Bertz CT molecular complexity index is 549. The van der Waals surface area contributed by atoms with Crippen LogP contribution in [-0.2, 0) is 20.1 Å². The molecular weight excluding hydrogens is 260 g/mol. The van der Waals surface area contributed by atoms with Crippen LogP contribution in [0, 0.1) is 0 Å². The molecule has 0 radical (unpaired) electrons. The van der Waals surface area contributed by atoms with E-state index in [4.69, 9.17) is 0 Å². The second-order valence-electron chi connectivity index (χ2n) is 5.94. The highest BCUT2D eigenvalue weighted by atomic mass is 15.2. The zero-order valence-electron chi connectivity index (χ0n) is 12.7. The van der Waals surface area contributed by atoms with Crippen LogP contribution in [0.2, 0.25) is 0 Å². The van der Waals surface area contributed by atoms with Crippen LogP contribution in [0.3, 0.4) is 0 Å². The summed E-state index contributed by atoms with van der Waals surface area (Å²) in [6.07, 6.45) is 6.34. The second kappa shape index (κ2) is 6.87. The van der Waals surface area contributed by atoms with Crippen LogP contribution in [0.5, 0.6) is 0 Å². The number of likely N-dealkylation sites (tertiary alicyclic amines) is 1. The first-order valence-corrected chi connectivity index (χ1v) is 7.76. The molecule has 1 aliphatic rings. The van der Waals surface area contributed by atoms with Crippen molar-refractivity contribution in [3.05, 3.63) is 54.1 Å².